The van der Waals surface area contributed by atoms with Gasteiger partial charge in [-0.1, -0.05) is 41.9 Å². The van der Waals surface area contributed by atoms with Crippen LogP contribution < -0.4 is 14.8 Å². The van der Waals surface area contributed by atoms with E-state index in [2.05, 4.69) is 5.32 Å². The number of rotatable bonds is 7. The molecule has 0 saturated carbocycles. The highest BCUT2D eigenvalue weighted by atomic mass is 35.5. The molecule has 0 aliphatic carbocycles. The number of methoxy groups -OCH3 is 2. The van der Waals surface area contributed by atoms with Gasteiger partial charge in [0, 0.05) is 24.9 Å². The first-order chi connectivity index (χ1) is 13.1. The zero-order valence-corrected chi connectivity index (χ0v) is 15.9. The Morgan fingerprint density at radius 3 is 2.33 bits per heavy atom. The number of aromatic nitrogens is 1. The van der Waals surface area contributed by atoms with Gasteiger partial charge in [-0.05, 0) is 23.8 Å². The lowest BCUT2D eigenvalue weighted by molar-refractivity contribution is -0.119. The Hall–Kier alpha value is -2.92. The molecule has 0 aliphatic rings. The summed E-state index contributed by atoms with van der Waals surface area (Å²) in [5.74, 6) is 0.808. The fraction of sp³-hybridized carbons (Fsp3) is 0.190. The van der Waals surface area contributed by atoms with E-state index < -0.39 is 6.04 Å². The summed E-state index contributed by atoms with van der Waals surface area (Å²) >= 11 is 6.21. The summed E-state index contributed by atoms with van der Waals surface area (Å²) in [6.07, 6.45) is 4.32. The molecule has 0 bridgehead atoms. The lowest BCUT2D eigenvalue weighted by Crippen LogP contribution is -2.27. The van der Waals surface area contributed by atoms with Gasteiger partial charge in [0.1, 0.15) is 17.5 Å². The van der Waals surface area contributed by atoms with Crippen molar-refractivity contribution in [2.24, 2.45) is 0 Å². The zero-order chi connectivity index (χ0) is 19.2. The van der Waals surface area contributed by atoms with Crippen LogP contribution in [-0.2, 0) is 11.2 Å². The van der Waals surface area contributed by atoms with Gasteiger partial charge in [0.05, 0.1) is 24.9 Å². The molecule has 27 heavy (non-hydrogen) atoms. The van der Waals surface area contributed by atoms with Crippen LogP contribution in [0.1, 0.15) is 11.6 Å². The second-order valence-electron chi connectivity index (χ2n) is 6.01. The van der Waals surface area contributed by atoms with E-state index in [9.17, 15) is 4.79 Å². The molecule has 1 unspecified atom stereocenters. The average molecular weight is 385 g/mol. The van der Waals surface area contributed by atoms with Crippen LogP contribution in [0.5, 0.6) is 11.5 Å². The largest absolute Gasteiger partial charge is 0.495 e. The van der Waals surface area contributed by atoms with E-state index in [0.717, 1.165) is 5.56 Å². The normalized spacial score (nSPS) is 11.7. The number of halogens is 1. The lowest BCUT2D eigenvalue weighted by atomic mass is 10.0. The number of anilines is 1. The molecule has 0 aliphatic heterocycles. The van der Waals surface area contributed by atoms with Gasteiger partial charge < -0.3 is 19.4 Å². The second kappa shape index (κ2) is 8.64. The minimum absolute atomic E-state index is 0.158. The summed E-state index contributed by atoms with van der Waals surface area (Å²) in [4.78, 5) is 13.1. The Labute approximate surface area is 163 Å². The first-order valence-electron chi connectivity index (χ1n) is 8.51. The summed E-state index contributed by atoms with van der Waals surface area (Å²) in [6.45, 7) is 0. The number of amides is 1. The van der Waals surface area contributed by atoms with E-state index in [1.807, 2.05) is 59.4 Å². The van der Waals surface area contributed by atoms with Crippen molar-refractivity contribution in [1.82, 2.24) is 4.57 Å². The highest BCUT2D eigenvalue weighted by Crippen LogP contribution is 2.36. The van der Waals surface area contributed by atoms with Crippen molar-refractivity contribution in [2.75, 3.05) is 19.5 Å². The molecule has 6 heteroatoms. The predicted octanol–water partition coefficient (Wildman–Crippen LogP) is 4.58. The topological polar surface area (TPSA) is 52.5 Å². The van der Waals surface area contributed by atoms with E-state index >= 15 is 0 Å². The van der Waals surface area contributed by atoms with Gasteiger partial charge >= 0.3 is 0 Å². The molecule has 1 atom stereocenters. The van der Waals surface area contributed by atoms with Crippen LogP contribution in [0.15, 0.2) is 67.0 Å². The number of carbonyl (C=O) groups excluding carboxylic acids is 1. The quantitative estimate of drug-likeness (QED) is 0.648. The van der Waals surface area contributed by atoms with Crippen LogP contribution in [0.4, 0.5) is 5.69 Å². The average Bonchev–Trinajstić information content (AvgIpc) is 3.21. The number of nitrogens with zero attached hydrogens (tertiary/aromatic N) is 1. The summed E-state index contributed by atoms with van der Waals surface area (Å²) in [5.41, 5.74) is 1.57. The molecular formula is C21H21ClN2O3. The van der Waals surface area contributed by atoms with Crippen molar-refractivity contribution in [3.8, 4) is 11.5 Å². The molecular weight excluding hydrogens is 364 g/mol. The molecule has 0 fully saturated rings. The Bertz CT molecular complexity index is 895. The summed E-state index contributed by atoms with van der Waals surface area (Å²) in [5, 5.41) is 3.33. The third-order valence-corrected chi connectivity index (χ3v) is 4.59. The van der Waals surface area contributed by atoms with E-state index in [0.29, 0.717) is 28.6 Å². The molecule has 5 nitrogen and oxygen atoms in total. The second-order valence-corrected chi connectivity index (χ2v) is 6.42. The molecule has 0 radical (unpaired) electrons. The van der Waals surface area contributed by atoms with Crippen LogP contribution in [0.3, 0.4) is 0 Å². The first-order valence-corrected chi connectivity index (χ1v) is 8.89. The van der Waals surface area contributed by atoms with Crippen LogP contribution in [0.25, 0.3) is 0 Å². The van der Waals surface area contributed by atoms with Crippen molar-refractivity contribution >= 4 is 23.2 Å². The number of hydrogen-bond acceptors (Lipinski definition) is 3. The minimum atomic E-state index is -0.409. The number of nitrogens with one attached hydrogen (secondary N) is 1. The van der Waals surface area contributed by atoms with Crippen molar-refractivity contribution < 1.29 is 14.3 Å². The maximum atomic E-state index is 13.1. The van der Waals surface area contributed by atoms with Crippen LogP contribution in [0.2, 0.25) is 5.02 Å². The smallest absolute Gasteiger partial charge is 0.247 e. The lowest BCUT2D eigenvalue weighted by Gasteiger charge is -2.20. The summed E-state index contributed by atoms with van der Waals surface area (Å²) in [6, 6.07) is 16.6. The van der Waals surface area contributed by atoms with Crippen LogP contribution in [0, 0.1) is 0 Å². The van der Waals surface area contributed by atoms with E-state index in [1.54, 1.807) is 12.1 Å². The molecule has 3 rings (SSSR count). The number of hydrogen-bond donors (Lipinski definition) is 1. The molecule has 3 aromatic rings. The molecule has 0 saturated heterocycles. The molecule has 1 heterocycles. The maximum absolute atomic E-state index is 13.1. The molecule has 1 aromatic heterocycles. The van der Waals surface area contributed by atoms with Gasteiger partial charge in [-0.2, -0.15) is 0 Å². The van der Waals surface area contributed by atoms with Gasteiger partial charge in [0.15, 0.2) is 0 Å². The molecule has 1 N–H and O–H groups in total. The first kappa shape index (κ1) is 18.9. The van der Waals surface area contributed by atoms with Crippen molar-refractivity contribution in [1.29, 1.82) is 0 Å². The molecule has 1 amide bonds. The maximum Gasteiger partial charge on any atom is 0.247 e. The Morgan fingerprint density at radius 2 is 1.70 bits per heavy atom. The van der Waals surface area contributed by atoms with Gasteiger partial charge in [0.2, 0.25) is 5.91 Å². The minimum Gasteiger partial charge on any atom is -0.495 e. The van der Waals surface area contributed by atoms with Crippen molar-refractivity contribution in [3.63, 3.8) is 0 Å². The van der Waals surface area contributed by atoms with Crippen molar-refractivity contribution in [2.45, 2.75) is 12.5 Å². The van der Waals surface area contributed by atoms with E-state index in [-0.39, 0.29) is 5.91 Å². The van der Waals surface area contributed by atoms with E-state index in [4.69, 9.17) is 21.1 Å². The molecule has 140 valence electrons. The predicted molar refractivity (Wildman–Crippen MR) is 107 cm³/mol. The molecule has 0 spiro atoms. The van der Waals surface area contributed by atoms with Gasteiger partial charge in [0.25, 0.3) is 0 Å². The fourth-order valence-corrected chi connectivity index (χ4v) is 3.14. The van der Waals surface area contributed by atoms with Crippen LogP contribution >= 0.6 is 11.6 Å². The Morgan fingerprint density at radius 1 is 1.04 bits per heavy atom. The SMILES string of the molecule is COc1cc(OC)c(NC(=O)C(Cc2ccccc2)n2cccc2)cc1Cl. The van der Waals surface area contributed by atoms with Gasteiger partial charge in [-0.15, -0.1) is 0 Å². The Kier molecular flexibility index (Phi) is 6.04. The number of carbonyl (C=O) groups is 1. The third-order valence-electron chi connectivity index (χ3n) is 4.29. The van der Waals surface area contributed by atoms with Gasteiger partial charge in [-0.25, -0.2) is 0 Å². The standard InChI is InChI=1S/C21H21ClN2O3/c1-26-19-14-20(27-2)17(13-16(19)22)23-21(25)18(24-10-6-7-11-24)12-15-8-4-3-5-9-15/h3-11,13-14,18H,12H2,1-2H3,(H,23,25). The van der Waals surface area contributed by atoms with E-state index in [1.165, 1.54) is 14.2 Å². The number of ether oxygens (including phenoxy) is 2. The highest BCUT2D eigenvalue weighted by molar-refractivity contribution is 6.32. The highest BCUT2D eigenvalue weighted by Gasteiger charge is 2.22. The van der Waals surface area contributed by atoms with Crippen molar-refractivity contribution in [3.05, 3.63) is 77.6 Å². The summed E-state index contributed by atoms with van der Waals surface area (Å²) in [7, 11) is 3.06. The van der Waals surface area contributed by atoms with Crippen LogP contribution in [-0.4, -0.2) is 24.7 Å². The third kappa shape index (κ3) is 4.44. The summed E-state index contributed by atoms with van der Waals surface area (Å²) < 4.78 is 12.5. The zero-order valence-electron chi connectivity index (χ0n) is 15.2. The fourth-order valence-electron chi connectivity index (χ4n) is 2.90. The number of benzene rings is 2. The monoisotopic (exact) mass is 384 g/mol. The Balaban J connectivity index is 1.88. The van der Waals surface area contributed by atoms with Gasteiger partial charge in [-0.3, -0.25) is 4.79 Å². The molecule has 2 aromatic carbocycles.